The molecule has 2 aromatic carbocycles. The van der Waals surface area contributed by atoms with E-state index in [1.54, 1.807) is 0 Å². The standard InChI is InChI=1S/C16H13ClN2O2/c17-11-3-1-2-10(6-11)7-16-18-12-8-14-15(9-13(12)19-16)21-5-4-20-14/h1-3,6,8-9H,4-5,7H2,(H,18,19). The van der Waals surface area contributed by atoms with Gasteiger partial charge in [0.25, 0.3) is 0 Å². The zero-order chi connectivity index (χ0) is 14.2. The van der Waals surface area contributed by atoms with Crippen LogP contribution in [-0.2, 0) is 6.42 Å². The fourth-order valence-electron chi connectivity index (χ4n) is 2.52. The smallest absolute Gasteiger partial charge is 0.163 e. The van der Waals surface area contributed by atoms with Crippen LogP contribution in [0.1, 0.15) is 11.4 Å². The van der Waals surface area contributed by atoms with Gasteiger partial charge in [-0.05, 0) is 17.7 Å². The molecule has 1 N–H and O–H groups in total. The molecule has 21 heavy (non-hydrogen) atoms. The van der Waals surface area contributed by atoms with E-state index in [9.17, 15) is 0 Å². The fourth-order valence-corrected chi connectivity index (χ4v) is 2.74. The average molecular weight is 301 g/mol. The topological polar surface area (TPSA) is 47.1 Å². The Bertz CT molecular complexity index is 770. The van der Waals surface area contributed by atoms with E-state index in [0.29, 0.717) is 19.6 Å². The summed E-state index contributed by atoms with van der Waals surface area (Å²) in [5.41, 5.74) is 2.96. The van der Waals surface area contributed by atoms with E-state index in [1.165, 1.54) is 0 Å². The number of aromatic nitrogens is 2. The van der Waals surface area contributed by atoms with Gasteiger partial charge in [-0.2, -0.15) is 0 Å². The number of rotatable bonds is 2. The first-order valence-corrected chi connectivity index (χ1v) is 7.18. The van der Waals surface area contributed by atoms with E-state index in [1.807, 2.05) is 36.4 Å². The molecule has 2 heterocycles. The van der Waals surface area contributed by atoms with Gasteiger partial charge >= 0.3 is 0 Å². The summed E-state index contributed by atoms with van der Waals surface area (Å²) in [6, 6.07) is 11.7. The second-order valence-corrected chi connectivity index (χ2v) is 5.44. The first kappa shape index (κ1) is 12.5. The molecule has 106 valence electrons. The van der Waals surface area contributed by atoms with Crippen LogP contribution < -0.4 is 9.47 Å². The van der Waals surface area contributed by atoms with Crippen molar-refractivity contribution in [1.82, 2.24) is 9.97 Å². The molecule has 0 aliphatic carbocycles. The molecule has 0 unspecified atom stereocenters. The van der Waals surface area contributed by atoms with E-state index in [4.69, 9.17) is 21.1 Å². The number of aromatic amines is 1. The first-order chi connectivity index (χ1) is 10.3. The Hall–Kier alpha value is -2.20. The van der Waals surface area contributed by atoms with Crippen LogP contribution in [0.3, 0.4) is 0 Å². The van der Waals surface area contributed by atoms with Gasteiger partial charge in [-0.1, -0.05) is 23.7 Å². The maximum Gasteiger partial charge on any atom is 0.163 e. The Kier molecular flexibility index (Phi) is 2.97. The van der Waals surface area contributed by atoms with Gasteiger partial charge in [-0.15, -0.1) is 0 Å². The van der Waals surface area contributed by atoms with Gasteiger partial charge in [-0.25, -0.2) is 4.98 Å². The summed E-state index contributed by atoms with van der Waals surface area (Å²) in [5, 5.41) is 0.737. The van der Waals surface area contributed by atoms with Gasteiger partial charge in [0.2, 0.25) is 0 Å². The molecule has 4 nitrogen and oxygen atoms in total. The largest absolute Gasteiger partial charge is 0.486 e. The first-order valence-electron chi connectivity index (χ1n) is 6.80. The van der Waals surface area contributed by atoms with Crippen LogP contribution in [0.4, 0.5) is 0 Å². The molecule has 0 saturated heterocycles. The van der Waals surface area contributed by atoms with Gasteiger partial charge in [-0.3, -0.25) is 0 Å². The van der Waals surface area contributed by atoms with Gasteiger partial charge in [0.1, 0.15) is 19.0 Å². The fraction of sp³-hybridized carbons (Fsp3) is 0.188. The number of imidazole rings is 1. The molecular weight excluding hydrogens is 288 g/mol. The highest BCUT2D eigenvalue weighted by Gasteiger charge is 2.14. The summed E-state index contributed by atoms with van der Waals surface area (Å²) in [5.74, 6) is 2.43. The molecule has 1 aliphatic rings. The van der Waals surface area contributed by atoms with Crippen LogP contribution in [0, 0.1) is 0 Å². The number of halogens is 1. The molecule has 5 heteroatoms. The predicted octanol–water partition coefficient (Wildman–Crippen LogP) is 3.58. The number of nitrogens with zero attached hydrogens (tertiary/aromatic N) is 1. The Balaban J connectivity index is 1.70. The van der Waals surface area contributed by atoms with Gasteiger partial charge < -0.3 is 14.5 Å². The highest BCUT2D eigenvalue weighted by atomic mass is 35.5. The van der Waals surface area contributed by atoms with Crippen molar-refractivity contribution in [2.24, 2.45) is 0 Å². The summed E-state index contributed by atoms with van der Waals surface area (Å²) >= 11 is 6.01. The number of H-pyrrole nitrogens is 1. The highest BCUT2D eigenvalue weighted by Crippen LogP contribution is 2.33. The lowest BCUT2D eigenvalue weighted by Crippen LogP contribution is -2.15. The highest BCUT2D eigenvalue weighted by molar-refractivity contribution is 6.30. The maximum absolute atomic E-state index is 6.01. The summed E-state index contributed by atoms with van der Waals surface area (Å²) in [6.07, 6.45) is 0.710. The Labute approximate surface area is 126 Å². The number of hydrogen-bond donors (Lipinski definition) is 1. The number of fused-ring (bicyclic) bond motifs is 2. The van der Waals surface area contributed by atoms with Crippen LogP contribution in [-0.4, -0.2) is 23.2 Å². The summed E-state index contributed by atoms with van der Waals surface area (Å²) in [7, 11) is 0. The molecule has 1 aromatic heterocycles. The molecule has 0 amide bonds. The molecule has 0 spiro atoms. The molecule has 1 aliphatic heterocycles. The lowest BCUT2D eigenvalue weighted by molar-refractivity contribution is 0.172. The molecule has 3 aromatic rings. The zero-order valence-electron chi connectivity index (χ0n) is 11.2. The van der Waals surface area contributed by atoms with Crippen LogP contribution in [0.15, 0.2) is 36.4 Å². The van der Waals surface area contributed by atoms with Crippen molar-refractivity contribution < 1.29 is 9.47 Å². The van der Waals surface area contributed by atoms with Crippen LogP contribution in [0.5, 0.6) is 11.5 Å². The Morgan fingerprint density at radius 3 is 2.71 bits per heavy atom. The predicted molar refractivity (Wildman–Crippen MR) is 81.3 cm³/mol. The molecule has 0 fully saturated rings. The van der Waals surface area contributed by atoms with Crippen LogP contribution in [0.25, 0.3) is 11.0 Å². The Morgan fingerprint density at radius 1 is 1.10 bits per heavy atom. The summed E-state index contributed by atoms with van der Waals surface area (Å²) < 4.78 is 11.2. The third kappa shape index (κ3) is 2.43. The molecule has 0 atom stereocenters. The van der Waals surface area contributed by atoms with E-state index in [2.05, 4.69) is 9.97 Å². The molecule has 0 saturated carbocycles. The second-order valence-electron chi connectivity index (χ2n) is 5.00. The summed E-state index contributed by atoms with van der Waals surface area (Å²) in [4.78, 5) is 7.94. The molecule has 4 rings (SSSR count). The van der Waals surface area contributed by atoms with E-state index in [-0.39, 0.29) is 0 Å². The Morgan fingerprint density at radius 2 is 1.90 bits per heavy atom. The number of hydrogen-bond acceptors (Lipinski definition) is 3. The lowest BCUT2D eigenvalue weighted by Gasteiger charge is -2.17. The molecule has 0 bridgehead atoms. The SMILES string of the molecule is Clc1cccc(Cc2nc3cc4c(cc3[nH]2)OCCO4)c1. The third-order valence-electron chi connectivity index (χ3n) is 3.46. The third-order valence-corrected chi connectivity index (χ3v) is 3.69. The van der Waals surface area contributed by atoms with Crippen molar-refractivity contribution in [1.29, 1.82) is 0 Å². The van der Waals surface area contributed by atoms with E-state index < -0.39 is 0 Å². The minimum Gasteiger partial charge on any atom is -0.486 e. The van der Waals surface area contributed by atoms with Gasteiger partial charge in [0.05, 0.1) is 11.0 Å². The van der Waals surface area contributed by atoms with Crippen LogP contribution in [0.2, 0.25) is 5.02 Å². The lowest BCUT2D eigenvalue weighted by atomic mass is 10.1. The molecular formula is C16H13ClN2O2. The van der Waals surface area contributed by atoms with E-state index in [0.717, 1.165) is 38.9 Å². The monoisotopic (exact) mass is 300 g/mol. The van der Waals surface area contributed by atoms with Crippen molar-refractivity contribution >= 4 is 22.6 Å². The maximum atomic E-state index is 6.01. The zero-order valence-corrected chi connectivity index (χ0v) is 12.0. The summed E-state index contributed by atoms with van der Waals surface area (Å²) in [6.45, 7) is 1.17. The normalized spacial score (nSPS) is 13.6. The second kappa shape index (κ2) is 4.97. The van der Waals surface area contributed by atoms with Crippen molar-refractivity contribution in [2.45, 2.75) is 6.42 Å². The quantitative estimate of drug-likeness (QED) is 0.787. The minimum atomic E-state index is 0.582. The van der Waals surface area contributed by atoms with Crippen molar-refractivity contribution in [3.63, 3.8) is 0 Å². The average Bonchev–Trinajstić information content (AvgIpc) is 2.85. The van der Waals surface area contributed by atoms with Gasteiger partial charge in [0, 0.05) is 23.6 Å². The van der Waals surface area contributed by atoms with Crippen molar-refractivity contribution in [3.8, 4) is 11.5 Å². The van der Waals surface area contributed by atoms with Crippen molar-refractivity contribution in [2.75, 3.05) is 13.2 Å². The number of benzene rings is 2. The van der Waals surface area contributed by atoms with Crippen LogP contribution >= 0.6 is 11.6 Å². The van der Waals surface area contributed by atoms with E-state index >= 15 is 0 Å². The minimum absolute atomic E-state index is 0.582. The van der Waals surface area contributed by atoms with Gasteiger partial charge in [0.15, 0.2) is 11.5 Å². The number of ether oxygens (including phenoxy) is 2. The molecule has 0 radical (unpaired) electrons. The number of nitrogens with one attached hydrogen (secondary N) is 1. The van der Waals surface area contributed by atoms with Crippen molar-refractivity contribution in [3.05, 3.63) is 52.8 Å².